The maximum absolute atomic E-state index is 9.61. The number of aliphatic hydroxyl groups excluding tert-OH is 2. The zero-order chi connectivity index (χ0) is 33.1. The Labute approximate surface area is 280 Å². The van der Waals surface area contributed by atoms with Crippen molar-refractivity contribution in [3.8, 4) is 11.5 Å². The van der Waals surface area contributed by atoms with E-state index in [0.29, 0.717) is 77.3 Å². The lowest BCUT2D eigenvalue weighted by molar-refractivity contribution is 0.235. The third kappa shape index (κ3) is 7.14. The van der Waals surface area contributed by atoms with Crippen molar-refractivity contribution < 1.29 is 37.6 Å². The number of rotatable bonds is 10. The summed E-state index contributed by atoms with van der Waals surface area (Å²) in [6.07, 6.45) is 0. The van der Waals surface area contributed by atoms with Crippen LogP contribution in [0.15, 0.2) is 51.1 Å². The minimum atomic E-state index is -0.177. The van der Waals surface area contributed by atoms with Gasteiger partial charge >= 0.3 is 0 Å². The second-order valence-corrected chi connectivity index (χ2v) is 12.3. The largest absolute Gasteiger partial charge is 0.483 e. The van der Waals surface area contributed by atoms with Gasteiger partial charge in [-0.15, -0.1) is 0 Å². The van der Waals surface area contributed by atoms with Crippen molar-refractivity contribution >= 4 is 66.1 Å². The molecule has 0 bridgehead atoms. The Balaban J connectivity index is 0.000000181. The van der Waals surface area contributed by atoms with E-state index in [0.717, 1.165) is 11.4 Å². The molecule has 2 aromatic carbocycles. The highest BCUT2D eigenvalue weighted by Gasteiger charge is 2.21. The predicted octanol–water partition coefficient (Wildman–Crippen LogP) is 6.05. The number of hydrogen-bond donors (Lipinski definition) is 2. The molecule has 46 heavy (non-hydrogen) atoms. The van der Waals surface area contributed by atoms with E-state index in [1.54, 1.807) is 34.1 Å². The first-order valence-electron chi connectivity index (χ1n) is 13.9. The van der Waals surface area contributed by atoms with Crippen molar-refractivity contribution in [2.75, 3.05) is 38.0 Å². The molecule has 0 fully saturated rings. The van der Waals surface area contributed by atoms with E-state index in [2.05, 4.69) is 52.1 Å². The van der Waals surface area contributed by atoms with Crippen molar-refractivity contribution in [3.63, 3.8) is 0 Å². The van der Waals surface area contributed by atoms with Gasteiger partial charge in [-0.2, -0.15) is 9.97 Å². The van der Waals surface area contributed by atoms with E-state index in [4.69, 9.17) is 27.4 Å². The van der Waals surface area contributed by atoms with Crippen LogP contribution in [-0.4, -0.2) is 58.7 Å². The minimum absolute atomic E-state index is 0.177. The highest BCUT2D eigenvalue weighted by molar-refractivity contribution is 9.11. The van der Waals surface area contributed by atoms with Gasteiger partial charge in [0.1, 0.15) is 13.2 Å². The van der Waals surface area contributed by atoms with Gasteiger partial charge in [-0.25, -0.2) is 0 Å². The predicted molar refractivity (Wildman–Crippen MR) is 175 cm³/mol. The fourth-order valence-electron chi connectivity index (χ4n) is 4.32. The topological polar surface area (TPSA) is 170 Å². The molecule has 0 unspecified atom stereocenters. The summed E-state index contributed by atoms with van der Waals surface area (Å²) in [6.45, 7) is 3.70. The van der Waals surface area contributed by atoms with Crippen LogP contribution < -0.4 is 19.3 Å². The minimum Gasteiger partial charge on any atom is -0.483 e. The van der Waals surface area contributed by atoms with Crippen LogP contribution in [0.1, 0.15) is 34.0 Å². The molecule has 0 aliphatic rings. The highest BCUT2D eigenvalue weighted by Crippen LogP contribution is 2.39. The number of aryl methyl sites for hydroxylation is 2. The third-order valence-corrected chi connectivity index (χ3v) is 7.64. The summed E-state index contributed by atoms with van der Waals surface area (Å²) in [6, 6.07) is 8.01. The molecule has 0 aliphatic heterocycles. The lowest BCUT2D eigenvalue weighted by Crippen LogP contribution is -2.08. The van der Waals surface area contributed by atoms with Crippen LogP contribution in [0.2, 0.25) is 0 Å². The first-order valence-corrected chi connectivity index (χ1v) is 15.5. The van der Waals surface area contributed by atoms with Gasteiger partial charge < -0.3 is 47.4 Å². The van der Waals surface area contributed by atoms with Crippen LogP contribution >= 0.6 is 31.9 Å². The van der Waals surface area contributed by atoms with Crippen molar-refractivity contribution in [1.82, 2.24) is 20.3 Å². The molecule has 0 spiro atoms. The molecule has 14 nitrogen and oxygen atoms in total. The standard InChI is InChI=1S/2C15H16BrN3O4/c2*1-8-4-10(23-18-8)7-21-13-9(6-20)5-11(16)14-12(13)17-15(22-14)19(2)3/h2*4-5,20H,6-7H2,1-3H3. The average Bonchev–Trinajstić information content (AvgIpc) is 3.83. The fraction of sp³-hybridized carbons (Fsp3) is 0.333. The monoisotopic (exact) mass is 762 g/mol. The van der Waals surface area contributed by atoms with Crippen LogP contribution in [0.4, 0.5) is 12.0 Å². The summed E-state index contributed by atoms with van der Waals surface area (Å²) in [7, 11) is 7.35. The zero-order valence-corrected chi connectivity index (χ0v) is 29.1. The van der Waals surface area contributed by atoms with Crippen LogP contribution in [-0.2, 0) is 26.4 Å². The Kier molecular flexibility index (Phi) is 10.2. The summed E-state index contributed by atoms with van der Waals surface area (Å²) in [5, 5.41) is 26.9. The molecule has 16 heteroatoms. The molecule has 0 saturated heterocycles. The fourth-order valence-corrected chi connectivity index (χ4v) is 5.41. The number of oxazole rings is 2. The molecule has 0 atom stereocenters. The Morgan fingerprint density at radius 3 is 1.37 bits per heavy atom. The third-order valence-electron chi connectivity index (χ3n) is 6.46. The number of benzene rings is 2. The molecule has 0 aliphatic carbocycles. The summed E-state index contributed by atoms with van der Waals surface area (Å²) in [5.74, 6) is 2.13. The smallest absolute Gasteiger partial charge is 0.298 e. The van der Waals surface area contributed by atoms with Crippen molar-refractivity contribution in [1.29, 1.82) is 0 Å². The summed E-state index contributed by atoms with van der Waals surface area (Å²) >= 11 is 6.87. The van der Waals surface area contributed by atoms with Gasteiger partial charge in [0.15, 0.2) is 45.2 Å². The number of ether oxygens (including phenoxy) is 2. The molecule has 6 aromatic rings. The normalized spacial score (nSPS) is 11.2. The lowest BCUT2D eigenvalue weighted by Gasteiger charge is -2.09. The van der Waals surface area contributed by atoms with Crippen molar-refractivity contribution in [3.05, 3.63) is 67.2 Å². The molecular formula is C30H32Br2N6O8. The maximum Gasteiger partial charge on any atom is 0.298 e. The number of aromatic nitrogens is 4. The molecule has 0 amide bonds. The Morgan fingerprint density at radius 1 is 0.674 bits per heavy atom. The molecule has 0 radical (unpaired) electrons. The second kappa shape index (κ2) is 14.1. The van der Waals surface area contributed by atoms with Crippen molar-refractivity contribution in [2.45, 2.75) is 40.3 Å². The number of fused-ring (bicyclic) bond motifs is 2. The number of aliphatic hydroxyl groups is 2. The summed E-state index contributed by atoms with van der Waals surface area (Å²) < 4.78 is 34.8. The van der Waals surface area contributed by atoms with Gasteiger partial charge in [-0.3, -0.25) is 0 Å². The van der Waals surface area contributed by atoms with Gasteiger partial charge in [0.2, 0.25) is 0 Å². The number of hydrogen-bond acceptors (Lipinski definition) is 14. The van der Waals surface area contributed by atoms with Gasteiger partial charge in [0.05, 0.1) is 33.5 Å². The quantitative estimate of drug-likeness (QED) is 0.165. The van der Waals surface area contributed by atoms with E-state index in [-0.39, 0.29) is 26.4 Å². The van der Waals surface area contributed by atoms with Crippen molar-refractivity contribution in [2.24, 2.45) is 0 Å². The zero-order valence-electron chi connectivity index (χ0n) is 25.9. The van der Waals surface area contributed by atoms with E-state index in [1.165, 1.54) is 0 Å². The van der Waals surface area contributed by atoms with E-state index in [1.807, 2.05) is 42.0 Å². The first kappa shape index (κ1) is 33.2. The van der Waals surface area contributed by atoms with Crippen LogP contribution in [0.5, 0.6) is 11.5 Å². The number of halogens is 2. The Morgan fingerprint density at radius 2 is 1.07 bits per heavy atom. The van der Waals surface area contributed by atoms with Gasteiger partial charge in [-0.05, 0) is 57.8 Å². The highest BCUT2D eigenvalue weighted by atomic mass is 79.9. The van der Waals surface area contributed by atoms with E-state index in [9.17, 15) is 10.2 Å². The van der Waals surface area contributed by atoms with Crippen LogP contribution in [0, 0.1) is 13.8 Å². The average molecular weight is 764 g/mol. The van der Waals surface area contributed by atoms with Crippen LogP contribution in [0.25, 0.3) is 22.2 Å². The second-order valence-electron chi connectivity index (χ2n) is 10.6. The number of anilines is 2. The van der Waals surface area contributed by atoms with Gasteiger partial charge in [0.25, 0.3) is 12.0 Å². The van der Waals surface area contributed by atoms with Crippen LogP contribution in [0.3, 0.4) is 0 Å². The van der Waals surface area contributed by atoms with Gasteiger partial charge in [-0.1, -0.05) is 10.3 Å². The molecule has 4 aromatic heterocycles. The Bertz CT molecular complexity index is 1820. The van der Waals surface area contributed by atoms with Gasteiger partial charge in [0, 0.05) is 51.5 Å². The number of nitrogens with zero attached hydrogens (tertiary/aromatic N) is 6. The molecular weight excluding hydrogens is 732 g/mol. The molecule has 6 rings (SSSR count). The first-order chi connectivity index (χ1) is 22.0. The summed E-state index contributed by atoms with van der Waals surface area (Å²) in [4.78, 5) is 12.4. The summed E-state index contributed by atoms with van der Waals surface area (Å²) in [5.41, 5.74) is 5.00. The molecule has 4 heterocycles. The lowest BCUT2D eigenvalue weighted by atomic mass is 10.2. The maximum atomic E-state index is 9.61. The van der Waals surface area contributed by atoms with E-state index >= 15 is 0 Å². The molecule has 244 valence electrons. The Hall–Kier alpha value is -4.12. The SMILES string of the molecule is Cc1cc(COc2c(CO)cc(Br)c3oc(N(C)C)nc23)on1.Cc1cc(COc2c(CO)cc(Br)c3oc(N(C)C)nc23)on1. The molecule has 2 N–H and O–H groups in total. The molecule has 0 saturated carbocycles. The van der Waals surface area contributed by atoms with E-state index < -0.39 is 0 Å².